The van der Waals surface area contributed by atoms with Crippen LogP contribution < -0.4 is 0 Å². The van der Waals surface area contributed by atoms with Crippen molar-refractivity contribution in [1.29, 1.82) is 0 Å². The molecule has 0 aromatic heterocycles. The summed E-state index contributed by atoms with van der Waals surface area (Å²) in [5.74, 6) is 0.906. The molecular formula is C19H41O4P. The lowest BCUT2D eigenvalue weighted by Crippen LogP contribution is -1.92. The molecule has 0 fully saturated rings. The lowest BCUT2D eigenvalue weighted by atomic mass is 9.99. The Hall–Kier alpha value is 0.110. The topological polar surface area (TPSA) is 66.8 Å². The molecule has 0 aliphatic carbocycles. The van der Waals surface area contributed by atoms with Gasteiger partial charge in [0, 0.05) is 0 Å². The molecule has 0 rings (SSSR count). The summed E-state index contributed by atoms with van der Waals surface area (Å²) in [5, 5.41) is 0. The molecule has 4 nitrogen and oxygen atoms in total. The number of unbranched alkanes of at least 4 members (excludes halogenated alkanes) is 12. The van der Waals surface area contributed by atoms with Gasteiger partial charge in [0.1, 0.15) is 0 Å². The molecule has 0 aromatic rings. The molecule has 146 valence electrons. The third kappa shape index (κ3) is 20.2. The smallest absolute Gasteiger partial charge is 0.303 e. The average molecular weight is 365 g/mol. The Morgan fingerprint density at radius 3 is 1.50 bits per heavy atom. The van der Waals surface area contributed by atoms with Crippen molar-refractivity contribution in [3.63, 3.8) is 0 Å². The molecule has 0 amide bonds. The highest BCUT2D eigenvalue weighted by molar-refractivity contribution is 7.46. The van der Waals surface area contributed by atoms with E-state index in [9.17, 15) is 4.57 Å². The molecule has 0 heterocycles. The fourth-order valence-electron chi connectivity index (χ4n) is 2.93. The summed E-state index contributed by atoms with van der Waals surface area (Å²) < 4.78 is 14.9. The molecule has 2 N–H and O–H groups in total. The van der Waals surface area contributed by atoms with E-state index in [2.05, 4.69) is 18.4 Å². The summed E-state index contributed by atoms with van der Waals surface area (Å²) in [7, 11) is -4.26. The monoisotopic (exact) mass is 364 g/mol. The second-order valence-corrected chi connectivity index (χ2v) is 8.46. The standard InChI is InChI=1S/C19H41O4P/c1-3-19(2)17-15-13-11-9-7-5-4-6-8-10-12-14-16-18-23-24(20,21)22/h19H,3-18H2,1-2H3,(H2,20,21,22). The van der Waals surface area contributed by atoms with Gasteiger partial charge in [-0.1, -0.05) is 104 Å². The Kier molecular flexibility index (Phi) is 16.6. The maximum absolute atomic E-state index is 10.5. The van der Waals surface area contributed by atoms with E-state index in [1.165, 1.54) is 77.0 Å². The van der Waals surface area contributed by atoms with Crippen molar-refractivity contribution >= 4 is 7.82 Å². The van der Waals surface area contributed by atoms with Crippen molar-refractivity contribution in [2.24, 2.45) is 5.92 Å². The minimum absolute atomic E-state index is 0.168. The molecule has 0 bridgehead atoms. The fraction of sp³-hybridized carbons (Fsp3) is 1.00. The Balaban J connectivity index is 3.06. The molecular weight excluding hydrogens is 323 g/mol. The zero-order valence-electron chi connectivity index (χ0n) is 16.0. The van der Waals surface area contributed by atoms with Gasteiger partial charge in [0.15, 0.2) is 0 Å². The summed E-state index contributed by atoms with van der Waals surface area (Å²) >= 11 is 0. The first-order valence-corrected chi connectivity index (χ1v) is 11.7. The summed E-state index contributed by atoms with van der Waals surface area (Å²) in [6, 6.07) is 0. The minimum Gasteiger partial charge on any atom is -0.303 e. The highest BCUT2D eigenvalue weighted by Gasteiger charge is 2.12. The molecule has 0 radical (unpaired) electrons. The van der Waals surface area contributed by atoms with E-state index in [1.54, 1.807) is 0 Å². The molecule has 0 saturated heterocycles. The van der Waals surface area contributed by atoms with Crippen molar-refractivity contribution in [2.45, 2.75) is 110 Å². The SMILES string of the molecule is CCC(C)CCCCCCCCCCCCCCCOP(=O)(O)O. The van der Waals surface area contributed by atoms with E-state index in [0.29, 0.717) is 0 Å². The van der Waals surface area contributed by atoms with E-state index in [-0.39, 0.29) is 6.61 Å². The van der Waals surface area contributed by atoms with Gasteiger partial charge in [-0.2, -0.15) is 0 Å². The zero-order chi connectivity index (χ0) is 18.1. The van der Waals surface area contributed by atoms with Gasteiger partial charge >= 0.3 is 7.82 Å². The molecule has 0 saturated carbocycles. The Labute approximate surface area is 150 Å². The third-order valence-corrected chi connectivity index (χ3v) is 5.32. The van der Waals surface area contributed by atoms with E-state index in [1.807, 2.05) is 0 Å². The van der Waals surface area contributed by atoms with E-state index in [0.717, 1.165) is 25.2 Å². The van der Waals surface area contributed by atoms with Gasteiger partial charge in [0.2, 0.25) is 0 Å². The van der Waals surface area contributed by atoms with Crippen LogP contribution in [0.2, 0.25) is 0 Å². The lowest BCUT2D eigenvalue weighted by Gasteiger charge is -2.07. The van der Waals surface area contributed by atoms with Crippen molar-refractivity contribution in [2.75, 3.05) is 6.61 Å². The van der Waals surface area contributed by atoms with Crippen LogP contribution in [0.4, 0.5) is 0 Å². The number of phosphoric ester groups is 1. The average Bonchev–Trinajstić information content (AvgIpc) is 2.53. The van der Waals surface area contributed by atoms with Crippen LogP contribution in [0.3, 0.4) is 0 Å². The van der Waals surface area contributed by atoms with Crippen LogP contribution in [-0.4, -0.2) is 16.4 Å². The second-order valence-electron chi connectivity index (χ2n) is 7.22. The van der Waals surface area contributed by atoms with Gasteiger partial charge in [0.25, 0.3) is 0 Å². The molecule has 0 aliphatic heterocycles. The molecule has 0 aliphatic rings. The first kappa shape index (κ1) is 24.1. The molecule has 24 heavy (non-hydrogen) atoms. The minimum atomic E-state index is -4.26. The van der Waals surface area contributed by atoms with Crippen LogP contribution >= 0.6 is 7.82 Å². The summed E-state index contributed by atoms with van der Waals surface area (Å²) in [6.07, 6.45) is 19.2. The normalized spacial score (nSPS) is 13.3. The molecule has 0 aromatic carbocycles. The number of phosphoric acid groups is 1. The van der Waals surface area contributed by atoms with E-state index >= 15 is 0 Å². The van der Waals surface area contributed by atoms with Crippen LogP contribution in [0.25, 0.3) is 0 Å². The van der Waals surface area contributed by atoms with E-state index in [4.69, 9.17) is 9.79 Å². The number of rotatable bonds is 18. The molecule has 1 unspecified atom stereocenters. The number of hydrogen-bond donors (Lipinski definition) is 2. The predicted octanol–water partition coefficient (Wildman–Crippen LogP) is 6.60. The first-order valence-electron chi connectivity index (χ1n) is 10.2. The van der Waals surface area contributed by atoms with Crippen molar-refractivity contribution in [1.82, 2.24) is 0 Å². The predicted molar refractivity (Wildman–Crippen MR) is 102 cm³/mol. The highest BCUT2D eigenvalue weighted by atomic mass is 31.2. The van der Waals surface area contributed by atoms with Gasteiger partial charge in [-0.3, -0.25) is 4.52 Å². The maximum atomic E-state index is 10.5. The van der Waals surface area contributed by atoms with Gasteiger partial charge in [0.05, 0.1) is 6.61 Å². The first-order chi connectivity index (χ1) is 11.5. The van der Waals surface area contributed by atoms with Crippen molar-refractivity contribution in [3.05, 3.63) is 0 Å². The molecule has 1 atom stereocenters. The largest absolute Gasteiger partial charge is 0.469 e. The quantitative estimate of drug-likeness (QED) is 0.212. The second kappa shape index (κ2) is 16.6. The van der Waals surface area contributed by atoms with Gasteiger partial charge < -0.3 is 9.79 Å². The van der Waals surface area contributed by atoms with Gasteiger partial charge in [-0.05, 0) is 12.3 Å². The Morgan fingerprint density at radius 1 is 0.750 bits per heavy atom. The zero-order valence-corrected chi connectivity index (χ0v) is 16.9. The van der Waals surface area contributed by atoms with Gasteiger partial charge in [-0.15, -0.1) is 0 Å². The Bertz CT molecular complexity index is 304. The lowest BCUT2D eigenvalue weighted by molar-refractivity contribution is 0.193. The highest BCUT2D eigenvalue weighted by Crippen LogP contribution is 2.35. The molecule has 0 spiro atoms. The Morgan fingerprint density at radius 2 is 1.12 bits per heavy atom. The maximum Gasteiger partial charge on any atom is 0.469 e. The van der Waals surface area contributed by atoms with Crippen LogP contribution in [0.15, 0.2) is 0 Å². The van der Waals surface area contributed by atoms with Crippen LogP contribution in [0.5, 0.6) is 0 Å². The van der Waals surface area contributed by atoms with Crippen molar-refractivity contribution < 1.29 is 18.9 Å². The third-order valence-electron chi connectivity index (χ3n) is 4.80. The summed E-state index contributed by atoms with van der Waals surface area (Å²) in [4.78, 5) is 17.1. The fourth-order valence-corrected chi connectivity index (χ4v) is 3.29. The molecule has 5 heteroatoms. The van der Waals surface area contributed by atoms with Crippen LogP contribution in [-0.2, 0) is 9.09 Å². The van der Waals surface area contributed by atoms with Crippen molar-refractivity contribution in [3.8, 4) is 0 Å². The van der Waals surface area contributed by atoms with E-state index < -0.39 is 7.82 Å². The number of hydrogen-bond acceptors (Lipinski definition) is 2. The van der Waals surface area contributed by atoms with Crippen LogP contribution in [0.1, 0.15) is 110 Å². The van der Waals surface area contributed by atoms with Gasteiger partial charge in [-0.25, -0.2) is 4.57 Å². The van der Waals surface area contributed by atoms with Crippen LogP contribution in [0, 0.1) is 5.92 Å². The summed E-state index contributed by atoms with van der Waals surface area (Å²) in [5.41, 5.74) is 0. The summed E-state index contributed by atoms with van der Waals surface area (Å²) in [6.45, 7) is 4.81.